The molecule has 0 aliphatic rings. The van der Waals surface area contributed by atoms with Gasteiger partial charge >= 0.3 is 0 Å². The number of rotatable bonds is 17. The summed E-state index contributed by atoms with van der Waals surface area (Å²) in [5, 5.41) is 4.66. The van der Waals surface area contributed by atoms with E-state index in [1.165, 1.54) is 0 Å². The molecule has 184 valence electrons. The number of thiazole rings is 1. The average molecular weight is 476 g/mol. The third-order valence-corrected chi connectivity index (χ3v) is 6.76. The zero-order chi connectivity index (χ0) is 24.1. The van der Waals surface area contributed by atoms with Crippen LogP contribution in [0.4, 0.5) is 10.8 Å². The first-order valence-corrected chi connectivity index (χ1v) is 13.4. The molecule has 0 bridgehead atoms. The number of aromatic nitrogens is 1. The molecule has 0 unspecified atom stereocenters. The van der Waals surface area contributed by atoms with Gasteiger partial charge in [0, 0.05) is 32.2 Å². The van der Waals surface area contributed by atoms with E-state index in [9.17, 15) is 4.79 Å². The van der Waals surface area contributed by atoms with Gasteiger partial charge in [0.25, 0.3) is 5.91 Å². The Morgan fingerprint density at radius 3 is 2.09 bits per heavy atom. The van der Waals surface area contributed by atoms with E-state index in [2.05, 4.69) is 37.7 Å². The summed E-state index contributed by atoms with van der Waals surface area (Å²) in [7, 11) is 0. The molecule has 2 aromatic rings. The molecule has 8 heteroatoms. The number of benzene rings is 1. The van der Waals surface area contributed by atoms with Crippen LogP contribution in [0.15, 0.2) is 17.2 Å². The Morgan fingerprint density at radius 2 is 1.55 bits per heavy atom. The van der Waals surface area contributed by atoms with Gasteiger partial charge in [-0.1, -0.05) is 64.7 Å². The molecular weight excluding hydrogens is 434 g/mol. The Labute approximate surface area is 203 Å². The Kier molecular flexibility index (Phi) is 12.1. The molecule has 1 heterocycles. The third kappa shape index (κ3) is 8.25. The number of nitrogens with one attached hydrogen (secondary N) is 1. The van der Waals surface area contributed by atoms with E-state index in [0.29, 0.717) is 11.4 Å². The molecule has 1 N–H and O–H groups in total. The lowest BCUT2D eigenvalue weighted by atomic mass is 10.2. The Balaban J connectivity index is 2.18. The summed E-state index contributed by atoms with van der Waals surface area (Å²) in [6, 6.07) is 3.68. The topological polar surface area (TPSA) is 81.9 Å². The lowest BCUT2D eigenvalue weighted by Crippen LogP contribution is -2.36. The van der Waals surface area contributed by atoms with E-state index in [0.717, 1.165) is 92.9 Å². The average Bonchev–Trinajstić information content (AvgIpc) is 3.24. The number of hydrogen-bond acceptors (Lipinski definition) is 7. The van der Waals surface area contributed by atoms with Gasteiger partial charge in [0.05, 0.1) is 10.2 Å². The lowest BCUT2D eigenvalue weighted by molar-refractivity contribution is -0.133. The summed E-state index contributed by atoms with van der Waals surface area (Å²) in [6.45, 7) is 12.1. The van der Waals surface area contributed by atoms with Gasteiger partial charge in [-0.15, -0.1) is 0 Å². The Bertz CT molecular complexity index is 854. The van der Waals surface area contributed by atoms with Crippen LogP contribution < -0.4 is 9.64 Å². The van der Waals surface area contributed by atoms with Crippen molar-refractivity contribution < 1.29 is 9.53 Å². The first-order valence-electron chi connectivity index (χ1n) is 12.5. The SMILES string of the molecule is CCCCN(CCCC)C(=O)COc1cc2nc(N(CCCC)CCCC)sc2cc1N=N. The summed E-state index contributed by atoms with van der Waals surface area (Å²) >= 11 is 1.63. The largest absolute Gasteiger partial charge is 0.481 e. The number of hydrogen-bond donors (Lipinski definition) is 1. The quantitative estimate of drug-likeness (QED) is 0.246. The van der Waals surface area contributed by atoms with Gasteiger partial charge in [-0.05, 0) is 31.7 Å². The predicted octanol–water partition coefficient (Wildman–Crippen LogP) is 7.17. The van der Waals surface area contributed by atoms with Crippen molar-refractivity contribution in [1.29, 1.82) is 5.53 Å². The van der Waals surface area contributed by atoms with E-state index in [1.807, 2.05) is 17.0 Å². The minimum atomic E-state index is -0.0441. The number of carbonyl (C=O) groups excluding carboxylic acids is 1. The molecule has 0 atom stereocenters. The minimum absolute atomic E-state index is 0.0165. The molecule has 1 aromatic heterocycles. The number of carbonyl (C=O) groups is 1. The van der Waals surface area contributed by atoms with Gasteiger partial charge in [0.2, 0.25) is 0 Å². The van der Waals surface area contributed by atoms with Crippen molar-refractivity contribution in [2.75, 3.05) is 37.7 Å². The molecule has 0 fully saturated rings. The third-order valence-electron chi connectivity index (χ3n) is 5.68. The number of amides is 1. The maximum absolute atomic E-state index is 12.8. The highest BCUT2D eigenvalue weighted by atomic mass is 32.1. The smallest absolute Gasteiger partial charge is 0.260 e. The molecule has 0 aliphatic heterocycles. The molecule has 1 amide bonds. The van der Waals surface area contributed by atoms with Crippen LogP contribution in [-0.2, 0) is 4.79 Å². The van der Waals surface area contributed by atoms with E-state index in [-0.39, 0.29) is 12.5 Å². The van der Waals surface area contributed by atoms with Crippen molar-refractivity contribution in [3.05, 3.63) is 12.1 Å². The minimum Gasteiger partial charge on any atom is -0.481 e. The summed E-state index contributed by atoms with van der Waals surface area (Å²) in [5.41, 5.74) is 8.88. The van der Waals surface area contributed by atoms with Crippen molar-refractivity contribution in [1.82, 2.24) is 9.88 Å². The fraction of sp³-hybridized carbons (Fsp3) is 0.680. The lowest BCUT2D eigenvalue weighted by Gasteiger charge is -2.22. The fourth-order valence-corrected chi connectivity index (χ4v) is 4.59. The monoisotopic (exact) mass is 475 g/mol. The van der Waals surface area contributed by atoms with Crippen LogP contribution in [0.1, 0.15) is 79.1 Å². The van der Waals surface area contributed by atoms with E-state index >= 15 is 0 Å². The molecule has 2 rings (SSSR count). The molecule has 0 radical (unpaired) electrons. The van der Waals surface area contributed by atoms with Crippen LogP contribution in [0.2, 0.25) is 0 Å². The van der Waals surface area contributed by atoms with Crippen LogP contribution in [0.3, 0.4) is 0 Å². The Hall–Kier alpha value is -2.22. The number of fused-ring (bicyclic) bond motifs is 1. The second kappa shape index (κ2) is 14.8. The summed E-state index contributed by atoms with van der Waals surface area (Å²) < 4.78 is 6.87. The van der Waals surface area contributed by atoms with Gasteiger partial charge in [0.15, 0.2) is 11.7 Å². The molecule has 0 aliphatic carbocycles. The molecule has 1 aromatic carbocycles. The van der Waals surface area contributed by atoms with Gasteiger partial charge in [-0.3, -0.25) is 4.79 Å². The first-order chi connectivity index (χ1) is 16.1. The number of nitrogens with zero attached hydrogens (tertiary/aromatic N) is 4. The maximum atomic E-state index is 12.8. The highest BCUT2D eigenvalue weighted by Crippen LogP contribution is 2.37. The van der Waals surface area contributed by atoms with E-state index in [1.54, 1.807) is 11.3 Å². The fourth-order valence-electron chi connectivity index (χ4n) is 3.56. The van der Waals surface area contributed by atoms with E-state index < -0.39 is 0 Å². The van der Waals surface area contributed by atoms with Crippen molar-refractivity contribution >= 4 is 38.3 Å². The second-order valence-corrected chi connectivity index (χ2v) is 9.48. The Morgan fingerprint density at radius 1 is 0.970 bits per heavy atom. The van der Waals surface area contributed by atoms with Gasteiger partial charge in [0.1, 0.15) is 11.4 Å². The summed E-state index contributed by atoms with van der Waals surface area (Å²) in [6.07, 6.45) is 8.64. The molecule has 33 heavy (non-hydrogen) atoms. The molecule has 0 spiro atoms. The van der Waals surface area contributed by atoms with Gasteiger partial charge < -0.3 is 14.5 Å². The molecular formula is C25H41N5O2S. The van der Waals surface area contributed by atoms with Crippen molar-refractivity contribution in [2.24, 2.45) is 5.11 Å². The normalized spacial score (nSPS) is 11.0. The highest BCUT2D eigenvalue weighted by molar-refractivity contribution is 7.22. The van der Waals surface area contributed by atoms with Crippen molar-refractivity contribution in [3.8, 4) is 5.75 Å². The second-order valence-electron chi connectivity index (χ2n) is 8.47. The predicted molar refractivity (Wildman–Crippen MR) is 138 cm³/mol. The van der Waals surface area contributed by atoms with Gasteiger partial charge in [-0.25, -0.2) is 10.5 Å². The molecule has 7 nitrogen and oxygen atoms in total. The van der Waals surface area contributed by atoms with Crippen molar-refractivity contribution in [2.45, 2.75) is 79.1 Å². The number of unbranched alkanes of at least 4 members (excludes halogenated alkanes) is 4. The number of ether oxygens (including phenoxy) is 1. The molecule has 0 saturated heterocycles. The van der Waals surface area contributed by atoms with Crippen LogP contribution >= 0.6 is 11.3 Å². The number of anilines is 1. The standard InChI is InChI=1S/C25H41N5O2S/c1-5-9-13-29(14-10-6-2)24(31)19-32-22-17-21-23(18-20(22)28-26)33-25(27-21)30(15-11-7-3)16-12-8-4/h17-18,26H,5-16,19H2,1-4H3. The van der Waals surface area contributed by atoms with Crippen LogP contribution in [-0.4, -0.2) is 48.6 Å². The van der Waals surface area contributed by atoms with Crippen LogP contribution in [0, 0.1) is 5.53 Å². The zero-order valence-corrected chi connectivity index (χ0v) is 21.7. The first kappa shape index (κ1) is 27.0. The van der Waals surface area contributed by atoms with E-state index in [4.69, 9.17) is 15.3 Å². The zero-order valence-electron chi connectivity index (χ0n) is 20.9. The molecule has 0 saturated carbocycles. The summed E-state index contributed by atoms with van der Waals surface area (Å²) in [4.78, 5) is 21.9. The van der Waals surface area contributed by atoms with Crippen LogP contribution in [0.5, 0.6) is 5.75 Å². The maximum Gasteiger partial charge on any atom is 0.260 e. The summed E-state index contributed by atoms with van der Waals surface area (Å²) in [5.74, 6) is 0.430. The van der Waals surface area contributed by atoms with Crippen LogP contribution in [0.25, 0.3) is 10.2 Å². The van der Waals surface area contributed by atoms with Gasteiger partial charge in [-0.2, -0.15) is 5.11 Å². The highest BCUT2D eigenvalue weighted by Gasteiger charge is 2.17. The van der Waals surface area contributed by atoms with Crippen molar-refractivity contribution in [3.63, 3.8) is 0 Å².